The molecule has 6 aliphatic carbocycles. The molecule has 2 heterocycles. The Balaban J connectivity index is 0.000000175. The highest BCUT2D eigenvalue weighted by Gasteiger charge is 2.80. The van der Waals surface area contributed by atoms with E-state index in [2.05, 4.69) is 4.74 Å². The van der Waals surface area contributed by atoms with Crippen molar-refractivity contribution in [2.45, 2.75) is 198 Å². The van der Waals surface area contributed by atoms with E-state index in [0.29, 0.717) is 11.1 Å². The minimum absolute atomic E-state index is 0.0334. The smallest absolute Gasteiger partial charge is 0.455 e. The molecular formula is C82H92O27. The van der Waals surface area contributed by atoms with Gasteiger partial charge in [0.05, 0.1) is 71.4 Å². The summed E-state index contributed by atoms with van der Waals surface area (Å²) in [6, 6.07) is 43.1. The van der Waals surface area contributed by atoms with Crippen LogP contribution in [0.5, 0.6) is 0 Å². The molecule has 582 valence electrons. The normalized spacial score (nSPS) is 33.4. The highest BCUT2D eigenvalue weighted by atomic mass is 16.8. The van der Waals surface area contributed by atoms with Gasteiger partial charge in [-0.25, -0.2) is 24.0 Å². The third-order valence-electron chi connectivity index (χ3n) is 23.8. The molecular weight excluding hydrogens is 1420 g/mol. The predicted molar refractivity (Wildman–Crippen MR) is 380 cm³/mol. The Morgan fingerprint density at radius 2 is 0.780 bits per heavy atom. The zero-order valence-corrected chi connectivity index (χ0v) is 62.0. The van der Waals surface area contributed by atoms with Gasteiger partial charge in [0, 0.05) is 50.4 Å². The number of carbonyl (C=O) groups excluding carboxylic acids is 9. The second-order valence-electron chi connectivity index (χ2n) is 30.6. The van der Waals surface area contributed by atoms with Crippen LogP contribution in [-0.2, 0) is 91.1 Å². The lowest BCUT2D eigenvalue weighted by Crippen LogP contribution is -2.81. The molecule has 4 bridgehead atoms. The van der Waals surface area contributed by atoms with Gasteiger partial charge >= 0.3 is 42.3 Å². The maximum absolute atomic E-state index is 15.2. The van der Waals surface area contributed by atoms with E-state index in [1.807, 2.05) is 36.4 Å². The largest absolute Gasteiger partial charge is 0.518 e. The molecule has 8 aliphatic rings. The number of carbonyl (C=O) groups is 9. The quantitative estimate of drug-likeness (QED) is 0.0252. The molecule has 7 N–H and O–H groups in total. The van der Waals surface area contributed by atoms with E-state index in [4.69, 9.17) is 47.4 Å². The van der Waals surface area contributed by atoms with Crippen LogP contribution in [0.4, 0.5) is 14.4 Å². The summed E-state index contributed by atoms with van der Waals surface area (Å²) < 4.78 is 61.0. The molecule has 18 atom stereocenters. The fraction of sp³-hybridized carbons (Fsp3) is 0.476. The summed E-state index contributed by atoms with van der Waals surface area (Å²) in [6.07, 6.45) is -18.4. The predicted octanol–water partition coefficient (Wildman–Crippen LogP) is 8.20. The standard InChI is InChI=1S/C37H42O12.C29H36O10.C16H14O5/c1-20-24(39)17-37(44)31(48-32(42)23-14-10-7-11-15-23)29-35(5,25(40)16-26-36(29,19-46-26)49-21(2)38)30(41)28(27(20)34(37,3)4)47-33(43)45-18-22-12-8-6-9-13-22;1-14-17(31)12-29(36)24(38-25(35)16-9-7-6-8-10-16)22-27(5,23(34)21(33)20(14)26(29,3)4)18(32)11-19-28(22,13-37-19)39-15(2)30;17-15(19-11-13-7-3-1-4-8-13)21-16(18)20-12-14-9-5-2-6-10-14/h6-15,24-26,28-29,31,39-40,44H,16-19H2,1-5H3;6-10,17-19,21-22,24,31-33,36H,11-13H2,1-5H3;1-10H,11-12H2/t24-,25-,26+,28+,29?,31-,35+,36-,37+;17-,18-,19+,21+,22?,24-,27+,28-,29+;/m00./s1. The number of ketones is 2. The molecule has 13 rings (SSSR count). The van der Waals surface area contributed by atoms with Crippen molar-refractivity contribution in [1.82, 2.24) is 0 Å². The molecule has 0 spiro atoms. The first kappa shape index (κ1) is 80.5. The second-order valence-corrected chi connectivity index (χ2v) is 30.6. The Hall–Kier alpha value is -9.55. The average molecular weight is 1510 g/mol. The first-order chi connectivity index (χ1) is 51.4. The van der Waals surface area contributed by atoms with Crippen molar-refractivity contribution < 1.29 is 131 Å². The Kier molecular flexibility index (Phi) is 22.9. The van der Waals surface area contributed by atoms with Crippen molar-refractivity contribution in [3.8, 4) is 0 Å². The van der Waals surface area contributed by atoms with Crippen LogP contribution < -0.4 is 0 Å². The van der Waals surface area contributed by atoms with Gasteiger partial charge in [-0.1, -0.05) is 155 Å². The molecule has 5 aromatic rings. The summed E-state index contributed by atoms with van der Waals surface area (Å²) in [7, 11) is 0. The Bertz CT molecular complexity index is 4260. The van der Waals surface area contributed by atoms with Crippen molar-refractivity contribution in [3.63, 3.8) is 0 Å². The van der Waals surface area contributed by atoms with Crippen LogP contribution in [-0.4, -0.2) is 186 Å². The monoisotopic (exact) mass is 1510 g/mol. The van der Waals surface area contributed by atoms with Gasteiger partial charge in [-0.3, -0.25) is 19.2 Å². The van der Waals surface area contributed by atoms with Gasteiger partial charge < -0.3 is 87.9 Å². The van der Waals surface area contributed by atoms with E-state index in [-0.39, 0.29) is 86.6 Å². The highest BCUT2D eigenvalue weighted by Crippen LogP contribution is 2.66. The van der Waals surface area contributed by atoms with Crippen LogP contribution in [0.3, 0.4) is 0 Å². The van der Waals surface area contributed by atoms with Crippen molar-refractivity contribution in [2.24, 2.45) is 33.5 Å². The lowest BCUT2D eigenvalue weighted by atomic mass is 9.44. The summed E-state index contributed by atoms with van der Waals surface area (Å²) in [6.45, 7) is 14.4. The zero-order valence-electron chi connectivity index (χ0n) is 62.0. The number of fused-ring (bicyclic) bond motifs is 10. The summed E-state index contributed by atoms with van der Waals surface area (Å²) in [5.41, 5.74) is -10.8. The number of hydrogen-bond donors (Lipinski definition) is 7. The zero-order chi connectivity index (χ0) is 79.1. The van der Waals surface area contributed by atoms with E-state index in [9.17, 15) is 74.1 Å². The minimum Gasteiger partial charge on any atom is -0.455 e. The molecule has 2 unspecified atom stereocenters. The maximum atomic E-state index is 15.2. The Morgan fingerprint density at radius 1 is 0.450 bits per heavy atom. The van der Waals surface area contributed by atoms with Crippen molar-refractivity contribution >= 4 is 53.9 Å². The molecule has 4 saturated carbocycles. The molecule has 109 heavy (non-hydrogen) atoms. The fourth-order valence-electron chi connectivity index (χ4n) is 17.8. The molecule has 6 fully saturated rings. The molecule has 27 heteroatoms. The van der Waals surface area contributed by atoms with Crippen LogP contribution >= 0.6 is 0 Å². The number of aliphatic hydroxyl groups excluding tert-OH is 5. The number of ether oxygens (including phenoxy) is 11. The van der Waals surface area contributed by atoms with Crippen LogP contribution in [0.1, 0.15) is 132 Å². The Labute approximate surface area is 628 Å². The van der Waals surface area contributed by atoms with Crippen LogP contribution in [0, 0.1) is 33.5 Å². The SMILES string of the molecule is CC(=O)O[C@@]12CO[C@@H]1C[C@H](O)[C@@]1(C)C(=O)[C@H](O)C3=C(C)[C@@H](O)C[C@@](O)([C@@H](OC(=O)c4ccccc4)C12)C3(C)C.CC(=O)O[C@@]12CO[C@@H]1C[C@H](O)[C@@]1(C)C(=O)[C@H](OC(=O)OCc3ccccc3)C3=C(C)[C@@H](O)C[C@@](O)([C@@H](OC(=O)c4ccccc4)C12)C3(C)C.O=C(OCc1ccccc1)OC(=O)OCc1ccccc1. The van der Waals surface area contributed by atoms with Gasteiger partial charge in [0.2, 0.25) is 0 Å². The fourth-order valence-corrected chi connectivity index (χ4v) is 17.8. The first-order valence-electron chi connectivity index (χ1n) is 35.9. The number of benzene rings is 5. The van der Waals surface area contributed by atoms with Gasteiger partial charge in [0.1, 0.15) is 61.5 Å². The maximum Gasteiger partial charge on any atom is 0.518 e. The number of aliphatic hydroxyl groups is 7. The summed E-state index contributed by atoms with van der Waals surface area (Å²) >= 11 is 0. The number of Topliss-reactive ketones (excluding diaryl/α,β-unsaturated/α-hetero) is 2. The number of esters is 4. The summed E-state index contributed by atoms with van der Waals surface area (Å²) in [5, 5.41) is 83.2. The van der Waals surface area contributed by atoms with E-state index >= 15 is 4.79 Å². The van der Waals surface area contributed by atoms with E-state index in [0.717, 1.165) is 11.1 Å². The van der Waals surface area contributed by atoms with Crippen molar-refractivity contribution in [2.75, 3.05) is 13.2 Å². The molecule has 2 aliphatic heterocycles. The number of hydrogen-bond acceptors (Lipinski definition) is 27. The molecule has 27 nitrogen and oxygen atoms in total. The minimum atomic E-state index is -2.18. The average Bonchev–Trinajstić information content (AvgIpc) is 0.674. The van der Waals surface area contributed by atoms with Gasteiger partial charge in [-0.15, -0.1) is 0 Å². The van der Waals surface area contributed by atoms with Gasteiger partial charge in [0.25, 0.3) is 0 Å². The van der Waals surface area contributed by atoms with Crippen molar-refractivity contribution in [3.05, 3.63) is 202 Å². The van der Waals surface area contributed by atoms with E-state index in [1.54, 1.807) is 133 Å². The number of rotatable bonds is 13. The molecule has 0 amide bonds. The van der Waals surface area contributed by atoms with Gasteiger partial charge in [0.15, 0.2) is 28.9 Å². The topological polar surface area (TPSA) is 397 Å². The highest BCUT2D eigenvalue weighted by molar-refractivity contribution is 5.96. The third-order valence-corrected chi connectivity index (χ3v) is 23.8. The first-order valence-corrected chi connectivity index (χ1v) is 35.9. The lowest BCUT2D eigenvalue weighted by molar-refractivity contribution is -0.345. The molecule has 0 radical (unpaired) electrons. The molecule has 2 saturated heterocycles. The van der Waals surface area contributed by atoms with E-state index in [1.165, 1.54) is 52.0 Å². The summed E-state index contributed by atoms with van der Waals surface area (Å²) in [5.74, 6) is -7.42. The van der Waals surface area contributed by atoms with Gasteiger partial charge in [-0.2, -0.15) is 0 Å². The van der Waals surface area contributed by atoms with Crippen LogP contribution in [0.15, 0.2) is 174 Å². The molecule has 5 aromatic carbocycles. The van der Waals surface area contributed by atoms with Gasteiger partial charge in [-0.05, 0) is 90.9 Å². The summed E-state index contributed by atoms with van der Waals surface area (Å²) in [4.78, 5) is 118. The van der Waals surface area contributed by atoms with Crippen LogP contribution in [0.2, 0.25) is 0 Å². The second kappa shape index (κ2) is 31.1. The Morgan fingerprint density at radius 3 is 1.13 bits per heavy atom. The lowest BCUT2D eigenvalue weighted by Gasteiger charge is -2.67. The van der Waals surface area contributed by atoms with Crippen LogP contribution in [0.25, 0.3) is 0 Å². The third kappa shape index (κ3) is 14.5. The van der Waals surface area contributed by atoms with E-state index < -0.39 is 171 Å². The van der Waals surface area contributed by atoms with Crippen molar-refractivity contribution in [1.29, 1.82) is 0 Å². The molecule has 0 aromatic heterocycles.